The van der Waals surface area contributed by atoms with Crippen molar-refractivity contribution in [1.82, 2.24) is 15.2 Å². The Morgan fingerprint density at radius 1 is 1.11 bits per heavy atom. The number of benzene rings is 1. The molecule has 1 fully saturated rings. The van der Waals surface area contributed by atoms with Crippen molar-refractivity contribution in [3.05, 3.63) is 47.5 Å². The largest absolute Gasteiger partial charge is 0.481 e. The van der Waals surface area contributed by atoms with E-state index in [1.165, 1.54) is 12.0 Å². The van der Waals surface area contributed by atoms with Gasteiger partial charge in [-0.05, 0) is 69.9 Å². The summed E-state index contributed by atoms with van der Waals surface area (Å²) in [4.78, 5) is 30.6. The smallest absolute Gasteiger partial charge is 0.407 e. The van der Waals surface area contributed by atoms with Crippen molar-refractivity contribution >= 4 is 12.0 Å². The maximum Gasteiger partial charge on any atom is 0.407 e. The van der Waals surface area contributed by atoms with Gasteiger partial charge in [0.15, 0.2) is 0 Å². The van der Waals surface area contributed by atoms with Gasteiger partial charge in [-0.25, -0.2) is 9.78 Å². The lowest BCUT2D eigenvalue weighted by Gasteiger charge is -2.38. The fraction of sp³-hybridized carbons (Fsp3) is 0.519. The van der Waals surface area contributed by atoms with Crippen LogP contribution >= 0.6 is 0 Å². The summed E-state index contributed by atoms with van der Waals surface area (Å²) in [5.41, 5.74) is 8.36. The molecule has 1 aromatic heterocycles. The second-order valence-corrected chi connectivity index (χ2v) is 10.3. The van der Waals surface area contributed by atoms with E-state index < -0.39 is 11.6 Å². The lowest BCUT2D eigenvalue weighted by atomic mass is 9.81. The summed E-state index contributed by atoms with van der Waals surface area (Å²) >= 11 is 0. The van der Waals surface area contributed by atoms with Crippen LogP contribution in [0.2, 0.25) is 0 Å². The Kier molecular flexibility index (Phi) is 8.72. The molecule has 1 aliphatic rings. The van der Waals surface area contributed by atoms with Crippen LogP contribution in [0.25, 0.3) is 11.3 Å². The van der Waals surface area contributed by atoms with Crippen LogP contribution < -0.4 is 15.8 Å². The first-order valence-electron chi connectivity index (χ1n) is 12.2. The monoisotopic (exact) mass is 482 g/mol. The van der Waals surface area contributed by atoms with Crippen LogP contribution in [0.4, 0.5) is 4.79 Å². The number of ether oxygens (including phenoxy) is 1. The van der Waals surface area contributed by atoms with E-state index >= 15 is 0 Å². The average molecular weight is 483 g/mol. The van der Waals surface area contributed by atoms with E-state index in [1.54, 1.807) is 12.1 Å². The number of carbonyl (C=O) groups excluding carboxylic acids is 1. The second-order valence-electron chi connectivity index (χ2n) is 10.3. The summed E-state index contributed by atoms with van der Waals surface area (Å²) in [5.74, 6) is 0.973. The molecule has 1 heterocycles. The molecule has 1 aromatic carbocycles. The second kappa shape index (κ2) is 11.5. The minimum absolute atomic E-state index is 0.155. The molecule has 0 radical (unpaired) electrons. The molecule has 2 aromatic rings. The molecule has 0 saturated heterocycles. The number of aromatic nitrogens is 1. The minimum atomic E-state index is -0.866. The van der Waals surface area contributed by atoms with Gasteiger partial charge in [0.25, 0.3) is 5.91 Å². The Morgan fingerprint density at radius 2 is 1.74 bits per heavy atom. The van der Waals surface area contributed by atoms with Crippen molar-refractivity contribution in [2.45, 2.75) is 58.5 Å². The van der Waals surface area contributed by atoms with E-state index in [0.717, 1.165) is 36.8 Å². The summed E-state index contributed by atoms with van der Waals surface area (Å²) < 4.78 is 5.33. The van der Waals surface area contributed by atoms with Crippen molar-refractivity contribution < 1.29 is 19.4 Å². The van der Waals surface area contributed by atoms with Crippen molar-refractivity contribution in [1.29, 1.82) is 0 Å². The maximum absolute atomic E-state index is 13.0. The first-order valence-corrected chi connectivity index (χ1v) is 12.2. The standard InChI is InChI=1S/C27H38N4O4/c1-27(2,3)31(26(33)34)17-20-7-5-19(6-8-20)16-29-25(32)22-13-23(30-24(14-22)35-4)21-11-9-18(15-28)10-12-21/h9-14,19-20H,5-8,15-17,28H2,1-4H3,(H,29,32)(H,33,34). The average Bonchev–Trinajstić information content (AvgIpc) is 2.85. The number of carboxylic acid groups (broad SMARTS) is 1. The number of rotatable bonds is 8. The predicted molar refractivity (Wildman–Crippen MR) is 136 cm³/mol. The van der Waals surface area contributed by atoms with Crippen LogP contribution in [0.1, 0.15) is 62.4 Å². The summed E-state index contributed by atoms with van der Waals surface area (Å²) in [6.07, 6.45) is 3.01. The van der Waals surface area contributed by atoms with E-state index in [1.807, 2.05) is 45.0 Å². The lowest BCUT2D eigenvalue weighted by molar-refractivity contribution is 0.0786. The molecule has 3 rings (SSSR count). The topological polar surface area (TPSA) is 118 Å². The van der Waals surface area contributed by atoms with Gasteiger partial charge >= 0.3 is 6.09 Å². The van der Waals surface area contributed by atoms with Gasteiger partial charge in [-0.1, -0.05) is 24.3 Å². The number of amides is 2. The molecule has 35 heavy (non-hydrogen) atoms. The number of methoxy groups -OCH3 is 1. The highest BCUT2D eigenvalue weighted by Crippen LogP contribution is 2.31. The van der Waals surface area contributed by atoms with Gasteiger partial charge < -0.3 is 25.8 Å². The van der Waals surface area contributed by atoms with E-state index in [2.05, 4.69) is 10.3 Å². The van der Waals surface area contributed by atoms with Gasteiger partial charge in [0.2, 0.25) is 5.88 Å². The zero-order chi connectivity index (χ0) is 25.6. The van der Waals surface area contributed by atoms with Crippen molar-refractivity contribution in [2.75, 3.05) is 20.2 Å². The number of nitrogens with one attached hydrogen (secondary N) is 1. The predicted octanol–water partition coefficient (Wildman–Crippen LogP) is 4.53. The molecule has 4 N–H and O–H groups in total. The third kappa shape index (κ3) is 7.18. The van der Waals surface area contributed by atoms with Gasteiger partial charge in [0, 0.05) is 42.4 Å². The first-order chi connectivity index (χ1) is 16.6. The molecule has 0 atom stereocenters. The third-order valence-electron chi connectivity index (χ3n) is 6.76. The van der Waals surface area contributed by atoms with Crippen molar-refractivity contribution in [3.63, 3.8) is 0 Å². The molecule has 0 aliphatic heterocycles. The van der Waals surface area contributed by atoms with Gasteiger partial charge in [-0.15, -0.1) is 0 Å². The number of nitrogens with two attached hydrogens (primary N) is 1. The van der Waals surface area contributed by atoms with Crippen molar-refractivity contribution in [2.24, 2.45) is 17.6 Å². The third-order valence-corrected chi connectivity index (χ3v) is 6.76. The Bertz CT molecular complexity index is 1010. The molecule has 8 nitrogen and oxygen atoms in total. The number of hydrogen-bond donors (Lipinski definition) is 3. The highest BCUT2D eigenvalue weighted by atomic mass is 16.5. The first kappa shape index (κ1) is 26.5. The molecular weight excluding hydrogens is 444 g/mol. The van der Waals surface area contributed by atoms with Crippen molar-refractivity contribution in [3.8, 4) is 17.1 Å². The number of hydrogen-bond acceptors (Lipinski definition) is 5. The van der Waals surface area contributed by atoms with E-state index in [-0.39, 0.29) is 5.91 Å². The lowest BCUT2D eigenvalue weighted by Crippen LogP contribution is -2.47. The highest BCUT2D eigenvalue weighted by molar-refractivity contribution is 5.95. The quantitative estimate of drug-likeness (QED) is 0.509. The molecule has 0 bridgehead atoms. The number of nitrogens with zero attached hydrogens (tertiary/aromatic N) is 2. The summed E-state index contributed by atoms with van der Waals surface area (Å²) in [6, 6.07) is 11.2. The van der Waals surface area contributed by atoms with Crippen LogP contribution in [-0.4, -0.2) is 52.7 Å². The normalized spacial score (nSPS) is 18.1. The number of carbonyl (C=O) groups is 2. The Morgan fingerprint density at radius 3 is 2.29 bits per heavy atom. The molecule has 190 valence electrons. The van der Waals surface area contributed by atoms with Crippen LogP contribution in [0.3, 0.4) is 0 Å². The summed E-state index contributed by atoms with van der Waals surface area (Å²) in [7, 11) is 1.54. The summed E-state index contributed by atoms with van der Waals surface area (Å²) in [6.45, 7) is 7.41. The molecular formula is C27H38N4O4. The molecule has 8 heteroatoms. The minimum Gasteiger partial charge on any atom is -0.481 e. The Balaban J connectivity index is 1.57. The molecule has 1 saturated carbocycles. The molecule has 0 spiro atoms. The molecule has 1 aliphatic carbocycles. The van der Waals surface area contributed by atoms with Crippen LogP contribution in [0.5, 0.6) is 5.88 Å². The zero-order valence-corrected chi connectivity index (χ0v) is 21.2. The molecule has 2 amide bonds. The fourth-order valence-corrected chi connectivity index (χ4v) is 4.55. The van der Waals surface area contributed by atoms with Crippen LogP contribution in [-0.2, 0) is 6.54 Å². The Hall–Kier alpha value is -3.13. The SMILES string of the molecule is COc1cc(C(=O)NCC2CCC(CN(C(=O)O)C(C)(C)C)CC2)cc(-c2ccc(CN)cc2)n1. The number of pyridine rings is 1. The molecule has 0 unspecified atom stereocenters. The fourth-order valence-electron chi connectivity index (χ4n) is 4.55. The van der Waals surface area contributed by atoms with Gasteiger partial charge in [-0.3, -0.25) is 4.79 Å². The highest BCUT2D eigenvalue weighted by Gasteiger charge is 2.31. The van der Waals surface area contributed by atoms with Crippen LogP contribution in [0.15, 0.2) is 36.4 Å². The Labute approximate surface area is 207 Å². The van der Waals surface area contributed by atoms with E-state index in [9.17, 15) is 14.7 Å². The zero-order valence-electron chi connectivity index (χ0n) is 21.2. The summed E-state index contributed by atoms with van der Waals surface area (Å²) in [5, 5.41) is 12.6. The van der Waals surface area contributed by atoms with Gasteiger partial charge in [-0.2, -0.15) is 0 Å². The van der Waals surface area contributed by atoms with E-state index in [0.29, 0.717) is 48.6 Å². The van der Waals surface area contributed by atoms with Crippen LogP contribution in [0, 0.1) is 11.8 Å². The maximum atomic E-state index is 13.0. The van der Waals surface area contributed by atoms with Gasteiger partial charge in [0.05, 0.1) is 12.8 Å². The van der Waals surface area contributed by atoms with Gasteiger partial charge in [0.1, 0.15) is 0 Å². The van der Waals surface area contributed by atoms with E-state index in [4.69, 9.17) is 10.5 Å².